The number of likely N-dealkylation sites (N-methyl/N-ethyl adjacent to an activating group) is 1. The topological polar surface area (TPSA) is 18.5 Å². The highest BCUT2D eigenvalue weighted by atomic mass is 32.1. The maximum Gasteiger partial charge on any atom is 0.168 e. The van der Waals surface area contributed by atoms with E-state index in [4.69, 9.17) is 12.2 Å². The van der Waals surface area contributed by atoms with Gasteiger partial charge in [-0.1, -0.05) is 0 Å². The first-order valence-electron chi connectivity index (χ1n) is 3.89. The number of piperazine rings is 1. The van der Waals surface area contributed by atoms with E-state index < -0.39 is 0 Å². The minimum absolute atomic E-state index is 0. The van der Waals surface area contributed by atoms with Crippen LogP contribution < -0.4 is 5.32 Å². The van der Waals surface area contributed by atoms with Crippen LogP contribution >= 0.6 is 12.2 Å². The molecule has 1 heterocycles. The summed E-state index contributed by atoms with van der Waals surface area (Å²) >= 11 is 5.11. The zero-order chi connectivity index (χ0) is 8.27. The SMILES string of the molecule is CNC(=S)N1CCN(C)CC1.[HH]. The molecule has 0 unspecified atom stereocenters. The second-order valence-electron chi connectivity index (χ2n) is 2.85. The average Bonchev–Trinajstić information content (AvgIpc) is 2.05. The highest BCUT2D eigenvalue weighted by Crippen LogP contribution is 1.98. The summed E-state index contributed by atoms with van der Waals surface area (Å²) in [6, 6.07) is 0. The third kappa shape index (κ3) is 2.31. The number of rotatable bonds is 0. The summed E-state index contributed by atoms with van der Waals surface area (Å²) in [7, 11) is 4.01. The third-order valence-electron chi connectivity index (χ3n) is 2.00. The lowest BCUT2D eigenvalue weighted by atomic mass is 10.3. The summed E-state index contributed by atoms with van der Waals surface area (Å²) in [5.41, 5.74) is 0. The Labute approximate surface area is 74.8 Å². The van der Waals surface area contributed by atoms with Gasteiger partial charge >= 0.3 is 0 Å². The molecule has 1 N–H and O–H groups in total. The van der Waals surface area contributed by atoms with Crippen LogP contribution in [0.1, 0.15) is 1.43 Å². The largest absolute Gasteiger partial charge is 0.366 e. The van der Waals surface area contributed by atoms with Crippen molar-refractivity contribution in [3.8, 4) is 0 Å². The summed E-state index contributed by atoms with van der Waals surface area (Å²) in [5, 5.41) is 3.86. The summed E-state index contributed by atoms with van der Waals surface area (Å²) < 4.78 is 0. The lowest BCUT2D eigenvalue weighted by Gasteiger charge is -2.33. The molecule has 0 aliphatic carbocycles. The third-order valence-corrected chi connectivity index (χ3v) is 2.47. The van der Waals surface area contributed by atoms with Gasteiger partial charge in [0.25, 0.3) is 0 Å². The van der Waals surface area contributed by atoms with Gasteiger partial charge in [-0.15, -0.1) is 0 Å². The van der Waals surface area contributed by atoms with Crippen LogP contribution in [0, 0.1) is 0 Å². The lowest BCUT2D eigenvalue weighted by molar-refractivity contribution is 0.214. The normalized spacial score (nSPS) is 20.0. The van der Waals surface area contributed by atoms with Crippen molar-refractivity contribution in [1.82, 2.24) is 15.1 Å². The van der Waals surface area contributed by atoms with E-state index in [0.717, 1.165) is 31.3 Å². The molecular weight excluding hydrogens is 158 g/mol. The fourth-order valence-corrected chi connectivity index (χ4v) is 1.35. The fraction of sp³-hybridized carbons (Fsp3) is 0.857. The Kier molecular flexibility index (Phi) is 3.08. The van der Waals surface area contributed by atoms with E-state index in [1.165, 1.54) is 0 Å². The summed E-state index contributed by atoms with van der Waals surface area (Å²) in [5.74, 6) is 0. The highest BCUT2D eigenvalue weighted by molar-refractivity contribution is 7.80. The highest BCUT2D eigenvalue weighted by Gasteiger charge is 2.14. The minimum Gasteiger partial charge on any atom is -0.366 e. The molecule has 0 aromatic carbocycles. The first-order valence-corrected chi connectivity index (χ1v) is 4.30. The Morgan fingerprint density at radius 1 is 1.36 bits per heavy atom. The van der Waals surface area contributed by atoms with Crippen molar-refractivity contribution in [1.29, 1.82) is 0 Å². The predicted molar refractivity (Wildman–Crippen MR) is 52.8 cm³/mol. The summed E-state index contributed by atoms with van der Waals surface area (Å²) in [6.07, 6.45) is 0. The monoisotopic (exact) mass is 175 g/mol. The molecular formula is C7H17N3S. The number of nitrogens with one attached hydrogen (secondary N) is 1. The Balaban J connectivity index is 0.00000121. The van der Waals surface area contributed by atoms with Crippen LogP contribution in [0.4, 0.5) is 0 Å². The van der Waals surface area contributed by atoms with Crippen molar-refractivity contribution >= 4 is 17.3 Å². The first kappa shape index (κ1) is 8.74. The van der Waals surface area contributed by atoms with Gasteiger partial charge in [0.05, 0.1) is 0 Å². The quantitative estimate of drug-likeness (QED) is 0.522. The van der Waals surface area contributed by atoms with E-state index in [1.807, 2.05) is 7.05 Å². The summed E-state index contributed by atoms with van der Waals surface area (Å²) in [6.45, 7) is 4.33. The molecule has 1 fully saturated rings. The average molecular weight is 175 g/mol. The van der Waals surface area contributed by atoms with Crippen molar-refractivity contribution in [3.63, 3.8) is 0 Å². The molecule has 3 nitrogen and oxygen atoms in total. The maximum absolute atomic E-state index is 5.11. The van der Waals surface area contributed by atoms with E-state index in [0.29, 0.717) is 0 Å². The molecule has 1 saturated heterocycles. The number of hydrogen-bond acceptors (Lipinski definition) is 2. The molecule has 4 heteroatoms. The molecule has 1 aliphatic heterocycles. The van der Waals surface area contributed by atoms with Crippen molar-refractivity contribution in [2.75, 3.05) is 40.3 Å². The van der Waals surface area contributed by atoms with Gasteiger partial charge < -0.3 is 15.1 Å². The second kappa shape index (κ2) is 3.88. The van der Waals surface area contributed by atoms with Crippen LogP contribution in [0.3, 0.4) is 0 Å². The molecule has 0 saturated carbocycles. The standard InChI is InChI=1S/C7H15N3S.H2/c1-8-7(11)10-5-3-9(2)4-6-10;/h3-6H2,1-2H3,(H,8,11);1H. The van der Waals surface area contributed by atoms with Gasteiger partial charge in [0, 0.05) is 34.7 Å². The van der Waals surface area contributed by atoms with Gasteiger partial charge in [-0.05, 0) is 19.3 Å². The molecule has 66 valence electrons. The van der Waals surface area contributed by atoms with E-state index >= 15 is 0 Å². The predicted octanol–water partition coefficient (Wildman–Crippen LogP) is -0.0159. The lowest BCUT2D eigenvalue weighted by Crippen LogP contribution is -2.49. The van der Waals surface area contributed by atoms with Gasteiger partial charge in [-0.25, -0.2) is 0 Å². The van der Waals surface area contributed by atoms with Crippen LogP contribution in [0.5, 0.6) is 0 Å². The molecule has 0 aromatic heterocycles. The molecule has 1 rings (SSSR count). The van der Waals surface area contributed by atoms with Crippen molar-refractivity contribution < 1.29 is 1.43 Å². The zero-order valence-electron chi connectivity index (χ0n) is 7.13. The van der Waals surface area contributed by atoms with E-state index in [9.17, 15) is 0 Å². The first-order chi connectivity index (χ1) is 5.24. The maximum atomic E-state index is 5.11. The van der Waals surface area contributed by atoms with Crippen molar-refractivity contribution in [3.05, 3.63) is 0 Å². The molecule has 0 amide bonds. The van der Waals surface area contributed by atoms with E-state index in [-0.39, 0.29) is 1.43 Å². The van der Waals surface area contributed by atoms with Crippen LogP contribution in [0.25, 0.3) is 0 Å². The molecule has 1 aliphatic rings. The number of hydrogen-bond donors (Lipinski definition) is 1. The van der Waals surface area contributed by atoms with Gasteiger partial charge in [0.1, 0.15) is 0 Å². The van der Waals surface area contributed by atoms with Gasteiger partial charge in [0.15, 0.2) is 5.11 Å². The van der Waals surface area contributed by atoms with Gasteiger partial charge in [0.2, 0.25) is 0 Å². The zero-order valence-corrected chi connectivity index (χ0v) is 7.95. The van der Waals surface area contributed by atoms with Crippen LogP contribution in [0.15, 0.2) is 0 Å². The van der Waals surface area contributed by atoms with E-state index in [1.54, 1.807) is 0 Å². The molecule has 0 atom stereocenters. The fourth-order valence-electron chi connectivity index (χ4n) is 1.17. The molecule has 0 radical (unpaired) electrons. The van der Waals surface area contributed by atoms with Crippen LogP contribution in [-0.2, 0) is 0 Å². The number of nitrogens with zero attached hydrogens (tertiary/aromatic N) is 2. The van der Waals surface area contributed by atoms with Crippen LogP contribution in [0.2, 0.25) is 0 Å². The number of thiocarbonyl (C=S) groups is 1. The Morgan fingerprint density at radius 2 is 1.91 bits per heavy atom. The van der Waals surface area contributed by atoms with Gasteiger partial charge in [-0.2, -0.15) is 0 Å². The van der Waals surface area contributed by atoms with E-state index in [2.05, 4.69) is 22.2 Å². The molecule has 11 heavy (non-hydrogen) atoms. The smallest absolute Gasteiger partial charge is 0.168 e. The second-order valence-corrected chi connectivity index (χ2v) is 3.23. The minimum atomic E-state index is 0. The van der Waals surface area contributed by atoms with Gasteiger partial charge in [-0.3, -0.25) is 0 Å². The van der Waals surface area contributed by atoms with Crippen LogP contribution in [-0.4, -0.2) is 55.2 Å². The van der Waals surface area contributed by atoms with Crippen molar-refractivity contribution in [2.45, 2.75) is 0 Å². The Morgan fingerprint density at radius 3 is 2.36 bits per heavy atom. The van der Waals surface area contributed by atoms with Crippen molar-refractivity contribution in [2.24, 2.45) is 0 Å². The Hall–Kier alpha value is -0.350. The summed E-state index contributed by atoms with van der Waals surface area (Å²) in [4.78, 5) is 4.52. The molecule has 0 aromatic rings. The molecule has 0 bridgehead atoms. The molecule has 0 spiro atoms. The Bertz CT molecular complexity index is 146.